The third-order valence-electron chi connectivity index (χ3n) is 4.40. The molecule has 2 aromatic carbocycles. The standard InChI is InChI=1S/C20H23BrN2O2/c1-15-7-8-19(18(21)11-15)22-20(24)23-10-9-17(12-23)14-25-13-16-5-3-2-4-6-16/h2-8,11,17H,9-10,12-14H2,1H3,(H,22,24). The second kappa shape index (κ2) is 8.50. The second-order valence-corrected chi connectivity index (χ2v) is 7.37. The highest BCUT2D eigenvalue weighted by molar-refractivity contribution is 9.10. The van der Waals surface area contributed by atoms with Crippen LogP contribution in [0.1, 0.15) is 17.5 Å². The van der Waals surface area contributed by atoms with E-state index in [-0.39, 0.29) is 6.03 Å². The molecule has 1 aliphatic rings. The molecule has 0 aromatic heterocycles. The summed E-state index contributed by atoms with van der Waals surface area (Å²) in [5.41, 5.74) is 3.14. The maximum Gasteiger partial charge on any atom is 0.321 e. The molecule has 1 unspecified atom stereocenters. The van der Waals surface area contributed by atoms with Crippen molar-refractivity contribution in [3.05, 3.63) is 64.1 Å². The van der Waals surface area contributed by atoms with Crippen LogP contribution in [-0.4, -0.2) is 30.6 Å². The van der Waals surface area contributed by atoms with Gasteiger partial charge in [-0.05, 0) is 52.5 Å². The number of rotatable bonds is 5. The number of benzene rings is 2. The molecule has 1 heterocycles. The van der Waals surface area contributed by atoms with Crippen LogP contribution in [0, 0.1) is 12.8 Å². The minimum absolute atomic E-state index is 0.0462. The number of hydrogen-bond acceptors (Lipinski definition) is 2. The first kappa shape index (κ1) is 18.0. The molecule has 1 atom stereocenters. The molecule has 0 radical (unpaired) electrons. The van der Waals surface area contributed by atoms with Gasteiger partial charge in [0.05, 0.1) is 18.9 Å². The fourth-order valence-electron chi connectivity index (χ4n) is 2.99. The zero-order chi connectivity index (χ0) is 17.6. The lowest BCUT2D eigenvalue weighted by Gasteiger charge is -2.18. The lowest BCUT2D eigenvalue weighted by Crippen LogP contribution is -2.33. The first-order chi connectivity index (χ1) is 12.1. The smallest absolute Gasteiger partial charge is 0.321 e. The molecule has 132 valence electrons. The first-order valence-corrected chi connectivity index (χ1v) is 9.35. The highest BCUT2D eigenvalue weighted by Gasteiger charge is 2.26. The summed E-state index contributed by atoms with van der Waals surface area (Å²) in [5, 5.41) is 2.98. The summed E-state index contributed by atoms with van der Waals surface area (Å²) in [7, 11) is 0. The molecule has 0 bridgehead atoms. The van der Waals surface area contributed by atoms with Crippen molar-refractivity contribution in [1.82, 2.24) is 4.90 Å². The molecule has 0 saturated carbocycles. The Bertz CT molecular complexity index is 721. The number of hydrogen-bond donors (Lipinski definition) is 1. The molecule has 2 amide bonds. The summed E-state index contributed by atoms with van der Waals surface area (Å²) in [5.74, 6) is 0.399. The SMILES string of the molecule is Cc1ccc(NC(=O)N2CCC(COCc3ccccc3)C2)c(Br)c1. The number of carbonyl (C=O) groups is 1. The van der Waals surface area contributed by atoms with Gasteiger partial charge in [-0.15, -0.1) is 0 Å². The van der Waals surface area contributed by atoms with E-state index in [4.69, 9.17) is 4.74 Å². The third kappa shape index (κ3) is 5.06. The Morgan fingerprint density at radius 3 is 2.84 bits per heavy atom. The number of urea groups is 1. The van der Waals surface area contributed by atoms with Crippen molar-refractivity contribution < 1.29 is 9.53 Å². The van der Waals surface area contributed by atoms with Crippen LogP contribution in [-0.2, 0) is 11.3 Å². The van der Waals surface area contributed by atoms with Crippen LogP contribution >= 0.6 is 15.9 Å². The van der Waals surface area contributed by atoms with Crippen LogP contribution in [0.2, 0.25) is 0 Å². The predicted molar refractivity (Wildman–Crippen MR) is 104 cm³/mol. The van der Waals surface area contributed by atoms with E-state index in [0.29, 0.717) is 19.1 Å². The summed E-state index contributed by atoms with van der Waals surface area (Å²) in [6.45, 7) is 4.85. The predicted octanol–water partition coefficient (Wildman–Crippen LogP) is 4.83. The van der Waals surface area contributed by atoms with Gasteiger partial charge in [-0.1, -0.05) is 36.4 Å². The number of likely N-dealkylation sites (tertiary alicyclic amines) is 1. The molecule has 1 fully saturated rings. The van der Waals surface area contributed by atoms with E-state index >= 15 is 0 Å². The minimum atomic E-state index is -0.0462. The van der Waals surface area contributed by atoms with E-state index in [2.05, 4.69) is 33.4 Å². The summed E-state index contributed by atoms with van der Waals surface area (Å²) in [6, 6.07) is 16.0. The van der Waals surface area contributed by atoms with Crippen LogP contribution in [0.25, 0.3) is 0 Å². The molecule has 4 nitrogen and oxygen atoms in total. The molecule has 0 spiro atoms. The van der Waals surface area contributed by atoms with Gasteiger partial charge in [-0.3, -0.25) is 0 Å². The average molecular weight is 403 g/mol. The lowest BCUT2D eigenvalue weighted by molar-refractivity contribution is 0.0900. The van der Waals surface area contributed by atoms with Crippen LogP contribution in [0.5, 0.6) is 0 Å². The van der Waals surface area contributed by atoms with Gasteiger partial charge >= 0.3 is 6.03 Å². The highest BCUT2D eigenvalue weighted by atomic mass is 79.9. The molecule has 1 saturated heterocycles. The third-order valence-corrected chi connectivity index (χ3v) is 5.06. The topological polar surface area (TPSA) is 41.6 Å². The van der Waals surface area contributed by atoms with Crippen LogP contribution in [0.3, 0.4) is 0 Å². The maximum absolute atomic E-state index is 12.4. The Balaban J connectivity index is 1.44. The zero-order valence-electron chi connectivity index (χ0n) is 14.4. The number of carbonyl (C=O) groups excluding carboxylic acids is 1. The summed E-state index contributed by atoms with van der Waals surface area (Å²) in [6.07, 6.45) is 0.983. The Kier molecular flexibility index (Phi) is 6.10. The van der Waals surface area contributed by atoms with Crippen molar-refractivity contribution in [2.45, 2.75) is 20.0 Å². The summed E-state index contributed by atoms with van der Waals surface area (Å²) < 4.78 is 6.72. The lowest BCUT2D eigenvalue weighted by atomic mass is 10.1. The van der Waals surface area contributed by atoms with E-state index in [0.717, 1.165) is 35.2 Å². The maximum atomic E-state index is 12.4. The Morgan fingerprint density at radius 1 is 1.28 bits per heavy atom. The molecule has 0 aliphatic carbocycles. The Labute approximate surface area is 157 Å². The van der Waals surface area contributed by atoms with Crippen molar-refractivity contribution >= 4 is 27.6 Å². The van der Waals surface area contributed by atoms with Gasteiger partial charge in [0.1, 0.15) is 0 Å². The van der Waals surface area contributed by atoms with E-state index < -0.39 is 0 Å². The molecule has 1 aliphatic heterocycles. The average Bonchev–Trinajstić information content (AvgIpc) is 3.07. The number of aryl methyl sites for hydroxylation is 1. The number of halogens is 1. The molecule has 2 aromatic rings. The second-order valence-electron chi connectivity index (χ2n) is 6.51. The molecule has 5 heteroatoms. The number of nitrogens with one attached hydrogen (secondary N) is 1. The van der Waals surface area contributed by atoms with Gasteiger partial charge in [-0.25, -0.2) is 4.79 Å². The van der Waals surface area contributed by atoms with Gasteiger partial charge in [0.2, 0.25) is 0 Å². The number of ether oxygens (including phenoxy) is 1. The highest BCUT2D eigenvalue weighted by Crippen LogP contribution is 2.25. The summed E-state index contributed by atoms with van der Waals surface area (Å²) >= 11 is 3.50. The van der Waals surface area contributed by atoms with Crippen LogP contribution < -0.4 is 5.32 Å². The number of anilines is 1. The molecule has 25 heavy (non-hydrogen) atoms. The monoisotopic (exact) mass is 402 g/mol. The largest absolute Gasteiger partial charge is 0.376 e. The van der Waals surface area contributed by atoms with Crippen molar-refractivity contribution in [1.29, 1.82) is 0 Å². The molecular weight excluding hydrogens is 380 g/mol. The van der Waals surface area contributed by atoms with Crippen molar-refractivity contribution in [2.24, 2.45) is 5.92 Å². The molecular formula is C20H23BrN2O2. The van der Waals surface area contributed by atoms with Gasteiger partial charge in [0.25, 0.3) is 0 Å². The quantitative estimate of drug-likeness (QED) is 0.777. The van der Waals surface area contributed by atoms with Crippen molar-refractivity contribution in [3.8, 4) is 0 Å². The fourth-order valence-corrected chi connectivity index (χ4v) is 3.58. The fraction of sp³-hybridized carbons (Fsp3) is 0.350. The van der Waals surface area contributed by atoms with Crippen LogP contribution in [0.15, 0.2) is 53.0 Å². The first-order valence-electron chi connectivity index (χ1n) is 8.55. The number of amides is 2. The molecule has 3 rings (SSSR count). The van der Waals surface area contributed by atoms with E-state index in [9.17, 15) is 4.79 Å². The number of nitrogens with zero attached hydrogens (tertiary/aromatic N) is 1. The minimum Gasteiger partial charge on any atom is -0.376 e. The van der Waals surface area contributed by atoms with E-state index in [1.54, 1.807) is 0 Å². The van der Waals surface area contributed by atoms with Gasteiger partial charge < -0.3 is 15.0 Å². The van der Waals surface area contributed by atoms with E-state index in [1.807, 2.05) is 48.2 Å². The van der Waals surface area contributed by atoms with Crippen LogP contribution in [0.4, 0.5) is 10.5 Å². The summed E-state index contributed by atoms with van der Waals surface area (Å²) in [4.78, 5) is 14.3. The van der Waals surface area contributed by atoms with Gasteiger partial charge in [0.15, 0.2) is 0 Å². The van der Waals surface area contributed by atoms with E-state index in [1.165, 1.54) is 5.56 Å². The van der Waals surface area contributed by atoms with Gasteiger partial charge in [0, 0.05) is 23.5 Å². The van der Waals surface area contributed by atoms with Crippen molar-refractivity contribution in [3.63, 3.8) is 0 Å². The zero-order valence-corrected chi connectivity index (χ0v) is 16.0. The normalized spacial score (nSPS) is 16.9. The molecule has 1 N–H and O–H groups in total. The van der Waals surface area contributed by atoms with Crippen molar-refractivity contribution in [2.75, 3.05) is 25.0 Å². The van der Waals surface area contributed by atoms with Gasteiger partial charge in [-0.2, -0.15) is 0 Å². The Morgan fingerprint density at radius 2 is 2.08 bits per heavy atom. The Hall–Kier alpha value is -1.85.